The van der Waals surface area contributed by atoms with Gasteiger partial charge in [-0.15, -0.1) is 0 Å². The van der Waals surface area contributed by atoms with Crippen molar-refractivity contribution in [3.8, 4) is 0 Å². The lowest BCUT2D eigenvalue weighted by atomic mass is 10.1. The van der Waals surface area contributed by atoms with Crippen LogP contribution < -0.4 is 0 Å². The van der Waals surface area contributed by atoms with Crippen LogP contribution >= 0.6 is 0 Å². The summed E-state index contributed by atoms with van der Waals surface area (Å²) in [6, 6.07) is 0. The second-order valence-corrected chi connectivity index (χ2v) is 7.65. The molecule has 0 saturated heterocycles. The molecule has 0 heterocycles. The molecule has 2 atom stereocenters. The van der Waals surface area contributed by atoms with Gasteiger partial charge in [0, 0.05) is 12.8 Å². The van der Waals surface area contributed by atoms with E-state index >= 15 is 0 Å². The van der Waals surface area contributed by atoms with E-state index in [2.05, 4.69) is 27.7 Å². The number of rotatable bonds is 18. The van der Waals surface area contributed by atoms with Crippen LogP contribution in [0.2, 0.25) is 0 Å². The minimum atomic E-state index is -0.0882. The van der Waals surface area contributed by atoms with Gasteiger partial charge in [-0.3, -0.25) is 9.59 Å². The highest BCUT2D eigenvalue weighted by Crippen LogP contribution is 2.15. The van der Waals surface area contributed by atoms with Crippen molar-refractivity contribution in [3.63, 3.8) is 0 Å². The van der Waals surface area contributed by atoms with Crippen LogP contribution in [0, 0.1) is 0 Å². The van der Waals surface area contributed by atoms with Crippen LogP contribution in [0.1, 0.15) is 124 Å². The molecule has 0 aromatic heterocycles. The maximum atomic E-state index is 12.0. The number of hydrogen-bond donors (Lipinski definition) is 0. The minimum absolute atomic E-state index is 0.0797. The normalized spacial score (nSPS) is 13.2. The van der Waals surface area contributed by atoms with Crippen LogP contribution in [0.4, 0.5) is 0 Å². The van der Waals surface area contributed by atoms with Crippen molar-refractivity contribution in [2.24, 2.45) is 0 Å². The van der Waals surface area contributed by atoms with E-state index in [1.54, 1.807) is 0 Å². The average molecular weight is 385 g/mol. The molecule has 2 unspecified atom stereocenters. The third kappa shape index (κ3) is 15.7. The molecule has 0 aromatic carbocycles. The molecule has 0 bridgehead atoms. The molecule has 4 nitrogen and oxygen atoms in total. The molecule has 4 heteroatoms. The van der Waals surface area contributed by atoms with Gasteiger partial charge in [0.05, 0.1) is 0 Å². The molecule has 0 spiro atoms. The smallest absolute Gasteiger partial charge is 0.306 e. The van der Waals surface area contributed by atoms with Gasteiger partial charge in [0.2, 0.25) is 0 Å². The van der Waals surface area contributed by atoms with E-state index in [9.17, 15) is 9.59 Å². The summed E-state index contributed by atoms with van der Waals surface area (Å²) in [5, 5.41) is 0. The summed E-state index contributed by atoms with van der Waals surface area (Å²) in [4.78, 5) is 24.0. The molecule has 0 aliphatic heterocycles. The second kappa shape index (κ2) is 18.3. The van der Waals surface area contributed by atoms with E-state index < -0.39 is 0 Å². The number of esters is 2. The zero-order chi connectivity index (χ0) is 20.3. The predicted molar refractivity (Wildman–Crippen MR) is 112 cm³/mol. The standard InChI is InChI=1S/C23H44O4/c1-5-9-16-20(14-7-3)26-22(24)18-12-11-13-19-23(25)27-21(15-8-4)17-10-6-2/h20-21H,5-19H2,1-4H3. The lowest BCUT2D eigenvalue weighted by molar-refractivity contribution is -0.150. The number of carbonyl (C=O) groups is 2. The predicted octanol–water partition coefficient (Wildman–Crippen LogP) is 6.74. The van der Waals surface area contributed by atoms with E-state index in [1.807, 2.05) is 0 Å². The van der Waals surface area contributed by atoms with Crippen molar-refractivity contribution in [2.75, 3.05) is 0 Å². The van der Waals surface area contributed by atoms with Crippen molar-refractivity contribution in [3.05, 3.63) is 0 Å². The fourth-order valence-corrected chi connectivity index (χ4v) is 3.24. The van der Waals surface area contributed by atoms with Crippen molar-refractivity contribution < 1.29 is 19.1 Å². The second-order valence-electron chi connectivity index (χ2n) is 7.65. The molecule has 0 aliphatic rings. The van der Waals surface area contributed by atoms with Crippen molar-refractivity contribution >= 4 is 11.9 Å². The molecular weight excluding hydrogens is 340 g/mol. The Kier molecular flexibility index (Phi) is 17.6. The van der Waals surface area contributed by atoms with Gasteiger partial charge in [0.15, 0.2) is 0 Å². The maximum absolute atomic E-state index is 12.0. The van der Waals surface area contributed by atoms with E-state index in [-0.39, 0.29) is 24.1 Å². The zero-order valence-electron chi connectivity index (χ0n) is 18.4. The fraction of sp³-hybridized carbons (Fsp3) is 0.913. The Labute approximate surface area is 167 Å². The summed E-state index contributed by atoms with van der Waals surface area (Å²) in [7, 11) is 0. The number of carbonyl (C=O) groups excluding carboxylic acids is 2. The lowest BCUT2D eigenvalue weighted by Crippen LogP contribution is -2.18. The molecule has 0 aromatic rings. The molecular formula is C23H44O4. The monoisotopic (exact) mass is 384 g/mol. The summed E-state index contributed by atoms with van der Waals surface area (Å²) >= 11 is 0. The van der Waals surface area contributed by atoms with Gasteiger partial charge in [-0.1, -0.05) is 72.6 Å². The van der Waals surface area contributed by atoms with Gasteiger partial charge in [0.1, 0.15) is 12.2 Å². The first-order chi connectivity index (χ1) is 13.1. The summed E-state index contributed by atoms with van der Waals surface area (Å²) in [5.41, 5.74) is 0. The third-order valence-electron chi connectivity index (χ3n) is 4.84. The highest BCUT2D eigenvalue weighted by atomic mass is 16.5. The molecule has 0 rings (SSSR count). The summed E-state index contributed by atoms with van der Waals surface area (Å²) < 4.78 is 11.2. The molecule has 0 aliphatic carbocycles. The van der Waals surface area contributed by atoms with Gasteiger partial charge in [-0.25, -0.2) is 0 Å². The van der Waals surface area contributed by atoms with Crippen molar-refractivity contribution in [1.82, 2.24) is 0 Å². The third-order valence-corrected chi connectivity index (χ3v) is 4.84. The van der Waals surface area contributed by atoms with E-state index in [4.69, 9.17) is 9.47 Å². The SMILES string of the molecule is CCCCC(CCC)OC(=O)CCCCCC(=O)OC(CCC)CCCC. The van der Waals surface area contributed by atoms with Crippen LogP contribution in [-0.4, -0.2) is 24.1 Å². The van der Waals surface area contributed by atoms with Gasteiger partial charge >= 0.3 is 11.9 Å². The largest absolute Gasteiger partial charge is 0.462 e. The quantitative estimate of drug-likeness (QED) is 0.194. The zero-order valence-corrected chi connectivity index (χ0v) is 18.4. The maximum Gasteiger partial charge on any atom is 0.306 e. The Balaban J connectivity index is 3.89. The topological polar surface area (TPSA) is 52.6 Å². The molecule has 27 heavy (non-hydrogen) atoms. The Morgan fingerprint density at radius 1 is 0.556 bits per heavy atom. The summed E-state index contributed by atoms with van der Waals surface area (Å²) in [5.74, 6) is -0.176. The first-order valence-electron chi connectivity index (χ1n) is 11.5. The Bertz CT molecular complexity index is 333. The molecule has 160 valence electrons. The van der Waals surface area contributed by atoms with Crippen LogP contribution in [0.15, 0.2) is 0 Å². The van der Waals surface area contributed by atoms with Gasteiger partial charge in [-0.05, 0) is 38.5 Å². The van der Waals surface area contributed by atoms with Crippen molar-refractivity contribution in [1.29, 1.82) is 0 Å². The minimum Gasteiger partial charge on any atom is -0.462 e. The molecule has 0 N–H and O–H groups in total. The first kappa shape index (κ1) is 25.9. The molecule has 0 fully saturated rings. The molecule has 0 saturated carbocycles. The number of ether oxygens (including phenoxy) is 2. The number of unbranched alkanes of at least 4 members (excludes halogenated alkanes) is 4. The van der Waals surface area contributed by atoms with Crippen LogP contribution in [0.3, 0.4) is 0 Å². The fourth-order valence-electron chi connectivity index (χ4n) is 3.24. The Morgan fingerprint density at radius 2 is 0.963 bits per heavy atom. The highest BCUT2D eigenvalue weighted by molar-refractivity contribution is 5.70. The van der Waals surface area contributed by atoms with Gasteiger partial charge in [0.25, 0.3) is 0 Å². The summed E-state index contributed by atoms with van der Waals surface area (Å²) in [6.45, 7) is 8.56. The van der Waals surface area contributed by atoms with E-state index in [1.165, 1.54) is 0 Å². The number of hydrogen-bond acceptors (Lipinski definition) is 4. The lowest BCUT2D eigenvalue weighted by Gasteiger charge is -2.17. The van der Waals surface area contributed by atoms with E-state index in [0.717, 1.165) is 83.5 Å². The van der Waals surface area contributed by atoms with Crippen LogP contribution in [-0.2, 0) is 19.1 Å². The van der Waals surface area contributed by atoms with E-state index in [0.29, 0.717) is 12.8 Å². The summed E-state index contributed by atoms with van der Waals surface area (Å²) in [6.07, 6.45) is 13.9. The average Bonchev–Trinajstić information content (AvgIpc) is 2.64. The van der Waals surface area contributed by atoms with Crippen molar-refractivity contribution in [2.45, 2.75) is 136 Å². The molecule has 0 amide bonds. The Hall–Kier alpha value is -1.06. The Morgan fingerprint density at radius 3 is 1.30 bits per heavy atom. The first-order valence-corrected chi connectivity index (χ1v) is 11.5. The molecule has 0 radical (unpaired) electrons. The highest BCUT2D eigenvalue weighted by Gasteiger charge is 2.14. The van der Waals surface area contributed by atoms with Crippen LogP contribution in [0.25, 0.3) is 0 Å². The van der Waals surface area contributed by atoms with Gasteiger partial charge < -0.3 is 9.47 Å². The van der Waals surface area contributed by atoms with Gasteiger partial charge in [-0.2, -0.15) is 0 Å². The van der Waals surface area contributed by atoms with Crippen LogP contribution in [0.5, 0.6) is 0 Å².